The van der Waals surface area contributed by atoms with Crippen molar-refractivity contribution in [2.24, 2.45) is 0 Å². The number of thiophene rings is 1. The molecule has 1 N–H and O–H groups in total. The molecule has 1 heterocycles. The van der Waals surface area contributed by atoms with Crippen LogP contribution in [-0.2, 0) is 6.42 Å². The zero-order chi connectivity index (χ0) is 13.2. The van der Waals surface area contributed by atoms with Crippen molar-refractivity contribution in [3.8, 4) is 0 Å². The molecular weight excluding hydrogens is 322 g/mol. The molecule has 19 heavy (non-hydrogen) atoms. The number of rotatable bonds is 2. The van der Waals surface area contributed by atoms with Crippen LogP contribution in [-0.4, -0.2) is 5.91 Å². The molecule has 1 amide bonds. The van der Waals surface area contributed by atoms with Crippen LogP contribution in [0.3, 0.4) is 0 Å². The lowest BCUT2D eigenvalue weighted by molar-refractivity contribution is 0.0933. The highest BCUT2D eigenvalue weighted by Crippen LogP contribution is 2.30. The van der Waals surface area contributed by atoms with Gasteiger partial charge in [0.25, 0.3) is 5.91 Å². The maximum Gasteiger partial charge on any atom is 0.252 e. The Labute approximate surface area is 125 Å². The van der Waals surface area contributed by atoms with Crippen LogP contribution < -0.4 is 5.32 Å². The molecule has 1 unspecified atom stereocenters. The molecule has 1 aromatic carbocycles. The molecule has 2 nitrogen and oxygen atoms in total. The Morgan fingerprint density at radius 1 is 1.37 bits per heavy atom. The van der Waals surface area contributed by atoms with Crippen molar-refractivity contribution in [3.05, 3.63) is 56.2 Å². The number of amides is 1. The summed E-state index contributed by atoms with van der Waals surface area (Å²) in [5.74, 6) is 0.0173. The van der Waals surface area contributed by atoms with Crippen molar-refractivity contribution in [1.82, 2.24) is 5.32 Å². The van der Waals surface area contributed by atoms with Crippen molar-refractivity contribution in [3.63, 3.8) is 0 Å². The first-order valence-corrected chi connectivity index (χ1v) is 8.04. The largest absolute Gasteiger partial charge is 0.345 e. The maximum absolute atomic E-state index is 12.2. The topological polar surface area (TPSA) is 29.1 Å². The van der Waals surface area contributed by atoms with Crippen molar-refractivity contribution in [2.75, 3.05) is 0 Å². The first kappa shape index (κ1) is 12.9. The molecule has 0 bridgehead atoms. The summed E-state index contributed by atoms with van der Waals surface area (Å²) in [6, 6.07) is 10.4. The minimum atomic E-state index is 0.0173. The predicted octanol–water partition coefficient (Wildman–Crippen LogP) is 4.32. The Morgan fingerprint density at radius 3 is 3.00 bits per heavy atom. The Bertz CT molecular complexity index is 608. The SMILES string of the molecule is O=C(NC1CCCc2ccccc21)c1csc(Br)c1. The van der Waals surface area contributed by atoms with E-state index in [0.29, 0.717) is 0 Å². The third-order valence-electron chi connectivity index (χ3n) is 3.50. The standard InChI is InChI=1S/C15H14BrNOS/c16-14-8-11(9-19-14)15(18)17-13-7-3-5-10-4-1-2-6-12(10)13/h1-2,4,6,8-9,13H,3,5,7H2,(H,17,18). The predicted molar refractivity (Wildman–Crippen MR) is 81.6 cm³/mol. The highest BCUT2D eigenvalue weighted by atomic mass is 79.9. The fraction of sp³-hybridized carbons (Fsp3) is 0.267. The van der Waals surface area contributed by atoms with Crippen molar-refractivity contribution in [2.45, 2.75) is 25.3 Å². The van der Waals surface area contributed by atoms with Gasteiger partial charge in [0.05, 0.1) is 15.4 Å². The lowest BCUT2D eigenvalue weighted by Gasteiger charge is -2.26. The summed E-state index contributed by atoms with van der Waals surface area (Å²) in [6.45, 7) is 0. The monoisotopic (exact) mass is 335 g/mol. The Morgan fingerprint density at radius 2 is 2.21 bits per heavy atom. The zero-order valence-electron chi connectivity index (χ0n) is 10.4. The number of hydrogen-bond donors (Lipinski definition) is 1. The highest BCUT2D eigenvalue weighted by Gasteiger charge is 2.22. The average Bonchev–Trinajstić information content (AvgIpc) is 2.86. The van der Waals surface area contributed by atoms with Gasteiger partial charge >= 0.3 is 0 Å². The van der Waals surface area contributed by atoms with Crippen molar-refractivity contribution >= 4 is 33.2 Å². The van der Waals surface area contributed by atoms with Crippen molar-refractivity contribution in [1.29, 1.82) is 0 Å². The number of hydrogen-bond acceptors (Lipinski definition) is 2. The molecule has 1 aromatic heterocycles. The molecular formula is C15H14BrNOS. The average molecular weight is 336 g/mol. The number of carbonyl (C=O) groups excluding carboxylic acids is 1. The molecule has 1 aliphatic carbocycles. The molecule has 0 radical (unpaired) electrons. The van der Waals surface area contributed by atoms with Gasteiger partial charge in [0.2, 0.25) is 0 Å². The molecule has 1 aliphatic rings. The summed E-state index contributed by atoms with van der Waals surface area (Å²) in [7, 11) is 0. The van der Waals surface area contributed by atoms with Gasteiger partial charge in [0, 0.05) is 5.38 Å². The van der Waals surface area contributed by atoms with E-state index in [0.717, 1.165) is 28.6 Å². The molecule has 4 heteroatoms. The van der Waals surface area contributed by atoms with E-state index < -0.39 is 0 Å². The number of nitrogens with one attached hydrogen (secondary N) is 1. The van der Waals surface area contributed by atoms with Crippen LogP contribution in [0.1, 0.15) is 40.4 Å². The van der Waals surface area contributed by atoms with Gasteiger partial charge in [0.1, 0.15) is 0 Å². The second-order valence-electron chi connectivity index (χ2n) is 4.76. The van der Waals surface area contributed by atoms with Crippen LogP contribution in [0.15, 0.2) is 39.5 Å². The van der Waals surface area contributed by atoms with Crippen LogP contribution >= 0.6 is 27.3 Å². The molecule has 98 valence electrons. The molecule has 0 saturated carbocycles. The van der Waals surface area contributed by atoms with E-state index in [4.69, 9.17) is 0 Å². The lowest BCUT2D eigenvalue weighted by Crippen LogP contribution is -2.30. The lowest BCUT2D eigenvalue weighted by atomic mass is 9.87. The molecule has 0 saturated heterocycles. The second kappa shape index (κ2) is 5.47. The smallest absolute Gasteiger partial charge is 0.252 e. The van der Waals surface area contributed by atoms with Crippen LogP contribution in [0.5, 0.6) is 0 Å². The maximum atomic E-state index is 12.2. The van der Waals surface area contributed by atoms with E-state index in [1.54, 1.807) is 0 Å². The third-order valence-corrected chi connectivity index (χ3v) is 5.01. The number of carbonyl (C=O) groups is 1. The van der Waals surface area contributed by atoms with Crippen LogP contribution in [0.25, 0.3) is 0 Å². The van der Waals surface area contributed by atoms with E-state index in [9.17, 15) is 4.79 Å². The quantitative estimate of drug-likeness (QED) is 0.870. The van der Waals surface area contributed by atoms with Gasteiger partial charge in [0.15, 0.2) is 0 Å². The van der Waals surface area contributed by atoms with Crippen LogP contribution in [0.2, 0.25) is 0 Å². The van der Waals surface area contributed by atoms with E-state index >= 15 is 0 Å². The molecule has 2 aromatic rings. The summed E-state index contributed by atoms with van der Waals surface area (Å²) in [5.41, 5.74) is 3.38. The van der Waals surface area contributed by atoms with Gasteiger partial charge in [-0.2, -0.15) is 0 Å². The summed E-state index contributed by atoms with van der Waals surface area (Å²) in [6.07, 6.45) is 3.27. The van der Waals surface area contributed by atoms with E-state index in [2.05, 4.69) is 39.4 Å². The molecule has 0 aliphatic heterocycles. The number of benzene rings is 1. The Kier molecular flexibility index (Phi) is 3.71. The van der Waals surface area contributed by atoms with E-state index in [-0.39, 0.29) is 11.9 Å². The molecule has 1 atom stereocenters. The van der Waals surface area contributed by atoms with E-state index in [1.807, 2.05) is 17.5 Å². The third kappa shape index (κ3) is 2.74. The van der Waals surface area contributed by atoms with Crippen LogP contribution in [0.4, 0.5) is 0 Å². The molecule has 0 fully saturated rings. The zero-order valence-corrected chi connectivity index (χ0v) is 12.8. The molecule has 0 spiro atoms. The van der Waals surface area contributed by atoms with Gasteiger partial charge < -0.3 is 5.32 Å². The summed E-state index contributed by atoms with van der Waals surface area (Å²) in [5, 5.41) is 5.03. The first-order chi connectivity index (χ1) is 9.24. The van der Waals surface area contributed by atoms with Crippen LogP contribution in [0, 0.1) is 0 Å². The first-order valence-electron chi connectivity index (χ1n) is 6.37. The normalized spacial score (nSPS) is 17.8. The fourth-order valence-electron chi connectivity index (χ4n) is 2.57. The van der Waals surface area contributed by atoms with E-state index in [1.165, 1.54) is 22.5 Å². The number of halogens is 1. The van der Waals surface area contributed by atoms with Gasteiger partial charge in [-0.05, 0) is 52.4 Å². The van der Waals surface area contributed by atoms with Gasteiger partial charge in [-0.15, -0.1) is 11.3 Å². The number of fused-ring (bicyclic) bond motifs is 1. The Balaban J connectivity index is 1.79. The fourth-order valence-corrected chi connectivity index (χ4v) is 3.71. The van der Waals surface area contributed by atoms with Gasteiger partial charge in [-0.3, -0.25) is 4.79 Å². The number of aryl methyl sites for hydroxylation is 1. The summed E-state index contributed by atoms with van der Waals surface area (Å²) >= 11 is 4.93. The highest BCUT2D eigenvalue weighted by molar-refractivity contribution is 9.11. The minimum absolute atomic E-state index is 0.0173. The summed E-state index contributed by atoms with van der Waals surface area (Å²) < 4.78 is 0.988. The van der Waals surface area contributed by atoms with Crippen molar-refractivity contribution < 1.29 is 4.79 Å². The van der Waals surface area contributed by atoms with Gasteiger partial charge in [-0.1, -0.05) is 24.3 Å². The summed E-state index contributed by atoms with van der Waals surface area (Å²) in [4.78, 5) is 12.2. The minimum Gasteiger partial charge on any atom is -0.345 e. The molecule has 3 rings (SSSR count). The second-order valence-corrected chi connectivity index (χ2v) is 7.05. The Hall–Kier alpha value is -1.13. The van der Waals surface area contributed by atoms with Gasteiger partial charge in [-0.25, -0.2) is 0 Å².